The average Bonchev–Trinajstić information content (AvgIpc) is 3.48. The zero-order valence-electron chi connectivity index (χ0n) is 25.3. The monoisotopic (exact) mass is 635 g/mol. The largest absolute Gasteiger partial charge is 0.369 e. The molecule has 0 bridgehead atoms. The van der Waals surface area contributed by atoms with Crippen molar-refractivity contribution in [1.82, 2.24) is 24.2 Å². The zero-order valence-corrected chi connectivity index (χ0v) is 27.0. The highest BCUT2D eigenvalue weighted by atomic mass is 32.2. The number of halogens is 1. The maximum Gasteiger partial charge on any atom is 0.227 e. The van der Waals surface area contributed by atoms with Crippen LogP contribution in [0.25, 0.3) is 21.8 Å². The fraction of sp³-hybridized carbons (Fsp3) is 0.406. The number of anilines is 3. The maximum atomic E-state index is 13.8. The molecular formula is C32H38FN7O2S2. The number of rotatable bonds is 8. The minimum atomic E-state index is -3.21. The van der Waals surface area contributed by atoms with Crippen molar-refractivity contribution in [2.45, 2.75) is 32.6 Å². The number of piperazine rings is 1. The molecule has 44 heavy (non-hydrogen) atoms. The van der Waals surface area contributed by atoms with Gasteiger partial charge in [0, 0.05) is 68.3 Å². The van der Waals surface area contributed by atoms with Crippen LogP contribution >= 0.6 is 11.3 Å². The summed E-state index contributed by atoms with van der Waals surface area (Å²) >= 11 is 1.57. The van der Waals surface area contributed by atoms with Crippen LogP contribution in [-0.2, 0) is 10.0 Å². The van der Waals surface area contributed by atoms with Gasteiger partial charge in [-0.25, -0.2) is 32.1 Å². The first-order valence-corrected chi connectivity index (χ1v) is 17.5. The minimum Gasteiger partial charge on any atom is -0.369 e. The summed E-state index contributed by atoms with van der Waals surface area (Å²) in [5.74, 6) is 0.417. The van der Waals surface area contributed by atoms with E-state index in [0.29, 0.717) is 31.9 Å². The molecule has 1 N–H and O–H groups in total. The van der Waals surface area contributed by atoms with Crippen LogP contribution in [0.4, 0.5) is 21.7 Å². The van der Waals surface area contributed by atoms with Crippen molar-refractivity contribution in [3.8, 4) is 21.8 Å². The Morgan fingerprint density at radius 3 is 2.39 bits per heavy atom. The fourth-order valence-electron chi connectivity index (χ4n) is 5.86. The van der Waals surface area contributed by atoms with Crippen molar-refractivity contribution in [3.05, 3.63) is 71.1 Å². The molecule has 0 amide bonds. The van der Waals surface area contributed by atoms with Crippen LogP contribution in [0.5, 0.6) is 0 Å². The topological polar surface area (TPSA) is 94.6 Å². The smallest absolute Gasteiger partial charge is 0.227 e. The quantitative estimate of drug-likeness (QED) is 0.262. The van der Waals surface area contributed by atoms with Gasteiger partial charge in [0.15, 0.2) is 0 Å². The van der Waals surface area contributed by atoms with Crippen LogP contribution < -0.4 is 10.2 Å². The van der Waals surface area contributed by atoms with Crippen LogP contribution in [0, 0.1) is 12.7 Å². The molecule has 2 aromatic carbocycles. The molecule has 2 saturated heterocycles. The molecule has 4 heterocycles. The second-order valence-electron chi connectivity index (χ2n) is 11.5. The number of aryl methyl sites for hydroxylation is 1. The number of benzene rings is 2. The van der Waals surface area contributed by atoms with E-state index in [1.165, 1.54) is 23.4 Å². The number of thiazole rings is 1. The molecule has 12 heteroatoms. The van der Waals surface area contributed by atoms with Gasteiger partial charge in [0.2, 0.25) is 16.0 Å². The van der Waals surface area contributed by atoms with Crippen LogP contribution in [0.15, 0.2) is 54.7 Å². The van der Waals surface area contributed by atoms with Gasteiger partial charge in [0.05, 0.1) is 27.0 Å². The van der Waals surface area contributed by atoms with Crippen molar-refractivity contribution in [2.24, 2.45) is 0 Å². The Labute approximate surface area is 262 Å². The van der Waals surface area contributed by atoms with Gasteiger partial charge < -0.3 is 15.1 Å². The van der Waals surface area contributed by atoms with E-state index in [1.54, 1.807) is 40.9 Å². The van der Waals surface area contributed by atoms with Crippen LogP contribution in [0.1, 0.15) is 36.3 Å². The summed E-state index contributed by atoms with van der Waals surface area (Å²) in [6, 6.07) is 14.6. The van der Waals surface area contributed by atoms with Gasteiger partial charge in [-0.15, -0.1) is 11.3 Å². The highest BCUT2D eigenvalue weighted by Gasteiger charge is 2.30. The van der Waals surface area contributed by atoms with E-state index in [4.69, 9.17) is 9.97 Å². The Bertz CT molecular complexity index is 1710. The summed E-state index contributed by atoms with van der Waals surface area (Å²) < 4.78 is 40.2. The third kappa shape index (κ3) is 6.63. The van der Waals surface area contributed by atoms with E-state index >= 15 is 0 Å². The Morgan fingerprint density at radius 1 is 0.977 bits per heavy atom. The number of likely N-dealkylation sites (N-methyl/N-ethyl adjacent to an activating group) is 1. The number of piperidine rings is 1. The number of hydrogen-bond acceptors (Lipinski definition) is 9. The van der Waals surface area contributed by atoms with Gasteiger partial charge >= 0.3 is 0 Å². The maximum absolute atomic E-state index is 13.8. The highest BCUT2D eigenvalue weighted by Crippen LogP contribution is 2.41. The first-order chi connectivity index (χ1) is 21.2. The molecule has 2 aromatic heterocycles. The van der Waals surface area contributed by atoms with E-state index < -0.39 is 10.0 Å². The molecule has 0 saturated carbocycles. The first-order valence-electron chi connectivity index (χ1n) is 15.1. The number of sulfonamides is 1. The first kappa shape index (κ1) is 30.6. The summed E-state index contributed by atoms with van der Waals surface area (Å²) in [6.45, 7) is 8.91. The summed E-state index contributed by atoms with van der Waals surface area (Å²) in [5.41, 5.74) is 5.62. The van der Waals surface area contributed by atoms with E-state index in [1.807, 2.05) is 6.07 Å². The SMILES string of the molecule is CCS(=O)(=O)N1CCC(c2nc(-c3ccc(F)cc3)c(-c3ccnc(Nc4ccc(N5CCN(C)CC5)c(C)c4)n3)s2)CC1. The van der Waals surface area contributed by atoms with E-state index in [-0.39, 0.29) is 17.5 Å². The Morgan fingerprint density at radius 2 is 1.70 bits per heavy atom. The molecule has 4 aromatic rings. The summed E-state index contributed by atoms with van der Waals surface area (Å²) in [7, 11) is -1.05. The van der Waals surface area contributed by atoms with Crippen molar-refractivity contribution < 1.29 is 12.8 Å². The lowest BCUT2D eigenvalue weighted by Crippen LogP contribution is -2.44. The Balaban J connectivity index is 1.26. The third-order valence-electron chi connectivity index (χ3n) is 8.51. The van der Waals surface area contributed by atoms with Gasteiger partial charge in [-0.3, -0.25) is 0 Å². The lowest BCUT2D eigenvalue weighted by molar-refractivity contribution is 0.312. The highest BCUT2D eigenvalue weighted by molar-refractivity contribution is 7.89. The van der Waals surface area contributed by atoms with E-state index in [2.05, 4.69) is 52.3 Å². The summed E-state index contributed by atoms with van der Waals surface area (Å²) in [6.07, 6.45) is 3.14. The van der Waals surface area contributed by atoms with Gasteiger partial charge in [0.1, 0.15) is 5.82 Å². The van der Waals surface area contributed by atoms with Crippen molar-refractivity contribution in [3.63, 3.8) is 0 Å². The number of nitrogens with one attached hydrogen (secondary N) is 1. The molecule has 2 fully saturated rings. The van der Waals surface area contributed by atoms with E-state index in [9.17, 15) is 12.8 Å². The predicted molar refractivity (Wildman–Crippen MR) is 176 cm³/mol. The van der Waals surface area contributed by atoms with Gasteiger partial charge in [0.25, 0.3) is 0 Å². The van der Waals surface area contributed by atoms with Crippen molar-refractivity contribution >= 4 is 38.7 Å². The fourth-order valence-corrected chi connectivity index (χ4v) is 8.22. The second kappa shape index (κ2) is 12.9. The molecular weight excluding hydrogens is 598 g/mol. The van der Waals surface area contributed by atoms with Crippen LogP contribution in [0.3, 0.4) is 0 Å². The molecule has 9 nitrogen and oxygen atoms in total. The van der Waals surface area contributed by atoms with E-state index in [0.717, 1.165) is 58.7 Å². The van der Waals surface area contributed by atoms with Crippen LogP contribution in [0.2, 0.25) is 0 Å². The third-order valence-corrected chi connectivity index (χ3v) is 11.6. The summed E-state index contributed by atoms with van der Waals surface area (Å²) in [5, 5.41) is 4.32. The van der Waals surface area contributed by atoms with Crippen LogP contribution in [-0.4, -0.2) is 84.6 Å². The van der Waals surface area contributed by atoms with Gasteiger partial charge in [-0.05, 0) is 87.8 Å². The Kier molecular flexibility index (Phi) is 8.95. The normalized spacial score (nSPS) is 17.2. The lowest BCUT2D eigenvalue weighted by Gasteiger charge is -2.35. The van der Waals surface area contributed by atoms with Crippen molar-refractivity contribution in [2.75, 3.05) is 62.3 Å². The van der Waals surface area contributed by atoms with Crippen molar-refractivity contribution in [1.29, 1.82) is 0 Å². The average molecular weight is 636 g/mol. The molecule has 0 unspecified atom stereocenters. The second-order valence-corrected chi connectivity index (χ2v) is 14.8. The molecule has 6 rings (SSSR count). The Hall–Kier alpha value is -3.45. The number of hydrogen-bond donors (Lipinski definition) is 1. The van der Waals surface area contributed by atoms with Gasteiger partial charge in [-0.2, -0.15) is 0 Å². The number of aromatic nitrogens is 3. The van der Waals surface area contributed by atoms with Gasteiger partial charge in [-0.1, -0.05) is 0 Å². The molecule has 0 aliphatic carbocycles. The summed E-state index contributed by atoms with van der Waals surface area (Å²) in [4.78, 5) is 20.1. The molecule has 0 spiro atoms. The lowest BCUT2D eigenvalue weighted by atomic mass is 9.99. The minimum absolute atomic E-state index is 0.109. The molecule has 0 radical (unpaired) electrons. The molecule has 0 atom stereocenters. The predicted octanol–water partition coefficient (Wildman–Crippen LogP) is 5.74. The number of nitrogens with zero attached hydrogens (tertiary/aromatic N) is 6. The molecule has 2 aliphatic heterocycles. The molecule has 2 aliphatic rings. The standard InChI is InChI=1S/C32H38FN7O2S2/c1-4-44(41,42)40-15-12-24(13-16-40)31-37-29(23-5-7-25(33)8-6-23)30(43-31)27-11-14-34-32(36-27)35-26-9-10-28(22(2)21-26)39-19-17-38(3)18-20-39/h5-11,14,21,24H,4,12-13,15-20H2,1-3H3,(H,34,35,36). The molecule has 232 valence electrons. The zero-order chi connectivity index (χ0) is 30.8.